The molecule has 1 atom stereocenters. The lowest BCUT2D eigenvalue weighted by atomic mass is 10.2. The molecule has 1 aromatic heterocycles. The first-order chi connectivity index (χ1) is 7.25. The van der Waals surface area contributed by atoms with Gasteiger partial charge in [0.05, 0.1) is 12.6 Å². The van der Waals surface area contributed by atoms with Gasteiger partial charge in [0.2, 0.25) is 5.91 Å². The Balaban J connectivity index is 1.80. The molecule has 2 rings (SSSR count). The highest BCUT2D eigenvalue weighted by molar-refractivity contribution is 9.10. The average molecular weight is 289 g/mol. The summed E-state index contributed by atoms with van der Waals surface area (Å²) >= 11 is 5.04. The van der Waals surface area contributed by atoms with Crippen LogP contribution in [0, 0.1) is 0 Å². The third-order valence-electron chi connectivity index (χ3n) is 2.44. The van der Waals surface area contributed by atoms with Crippen molar-refractivity contribution in [3.05, 3.63) is 20.8 Å². The van der Waals surface area contributed by atoms with E-state index in [-0.39, 0.29) is 11.9 Å². The van der Waals surface area contributed by atoms with Crippen molar-refractivity contribution >= 4 is 33.2 Å². The number of hydrogen-bond acceptors (Lipinski definition) is 3. The molecule has 3 nitrogen and oxygen atoms in total. The van der Waals surface area contributed by atoms with Gasteiger partial charge in [0.1, 0.15) is 0 Å². The quantitative estimate of drug-likeness (QED) is 0.892. The van der Waals surface area contributed by atoms with Crippen LogP contribution in [0.5, 0.6) is 0 Å². The summed E-state index contributed by atoms with van der Waals surface area (Å²) in [5.41, 5.74) is 0. The fourth-order valence-corrected chi connectivity index (χ4v) is 3.04. The Morgan fingerprint density at radius 3 is 3.20 bits per heavy atom. The largest absolute Gasteiger partial charge is 0.350 e. The second-order valence-electron chi connectivity index (χ2n) is 3.60. The molecule has 0 spiro atoms. The van der Waals surface area contributed by atoms with Crippen molar-refractivity contribution in [1.82, 2.24) is 10.6 Å². The fourth-order valence-electron chi connectivity index (χ4n) is 1.65. The van der Waals surface area contributed by atoms with Gasteiger partial charge in [0, 0.05) is 14.7 Å². The van der Waals surface area contributed by atoms with E-state index in [1.54, 1.807) is 11.3 Å². The van der Waals surface area contributed by atoms with Crippen molar-refractivity contribution in [2.45, 2.75) is 25.4 Å². The average Bonchev–Trinajstić information content (AvgIpc) is 2.84. The van der Waals surface area contributed by atoms with Crippen LogP contribution >= 0.6 is 27.3 Å². The maximum atomic E-state index is 11.6. The highest BCUT2D eigenvalue weighted by Crippen LogP contribution is 2.19. The summed E-state index contributed by atoms with van der Waals surface area (Å²) in [4.78, 5) is 12.8. The minimum absolute atomic E-state index is 0.0217. The Morgan fingerprint density at radius 2 is 2.60 bits per heavy atom. The van der Waals surface area contributed by atoms with Crippen molar-refractivity contribution in [2.75, 3.05) is 6.54 Å². The molecule has 0 aromatic carbocycles. The van der Waals surface area contributed by atoms with Crippen LogP contribution < -0.4 is 10.6 Å². The van der Waals surface area contributed by atoms with E-state index in [0.29, 0.717) is 6.54 Å². The zero-order valence-electron chi connectivity index (χ0n) is 8.25. The van der Waals surface area contributed by atoms with E-state index in [1.165, 1.54) is 4.88 Å². The molecular formula is C10H13BrN2OS. The molecule has 15 heavy (non-hydrogen) atoms. The Kier molecular flexibility index (Phi) is 3.77. The van der Waals surface area contributed by atoms with Gasteiger partial charge < -0.3 is 10.6 Å². The second-order valence-corrected chi connectivity index (χ2v) is 5.51. The lowest BCUT2D eigenvalue weighted by Gasteiger charge is -2.09. The van der Waals surface area contributed by atoms with E-state index in [2.05, 4.69) is 26.6 Å². The van der Waals surface area contributed by atoms with Gasteiger partial charge in [0.15, 0.2) is 0 Å². The second kappa shape index (κ2) is 5.09. The molecule has 1 amide bonds. The van der Waals surface area contributed by atoms with Crippen LogP contribution in [0.15, 0.2) is 15.9 Å². The maximum absolute atomic E-state index is 11.6. The first-order valence-electron chi connectivity index (χ1n) is 5.00. The maximum Gasteiger partial charge on any atom is 0.237 e. The van der Waals surface area contributed by atoms with Crippen molar-refractivity contribution < 1.29 is 4.79 Å². The van der Waals surface area contributed by atoms with E-state index < -0.39 is 0 Å². The van der Waals surface area contributed by atoms with Crippen molar-refractivity contribution in [3.63, 3.8) is 0 Å². The monoisotopic (exact) mass is 288 g/mol. The number of nitrogens with one attached hydrogen (secondary N) is 2. The minimum Gasteiger partial charge on any atom is -0.350 e. The summed E-state index contributed by atoms with van der Waals surface area (Å²) in [5, 5.41) is 8.15. The van der Waals surface area contributed by atoms with Crippen LogP contribution in [-0.2, 0) is 11.3 Å². The SMILES string of the molecule is O=C(NCc1cc(Br)cs1)[C@H]1CCCN1. The molecule has 5 heteroatoms. The molecule has 0 saturated carbocycles. The summed E-state index contributed by atoms with van der Waals surface area (Å²) in [6, 6.07) is 2.06. The number of thiophene rings is 1. The molecule has 1 aliphatic heterocycles. The highest BCUT2D eigenvalue weighted by atomic mass is 79.9. The molecule has 2 heterocycles. The van der Waals surface area contributed by atoms with Crippen LogP contribution in [-0.4, -0.2) is 18.5 Å². The standard InChI is InChI=1S/C10H13BrN2OS/c11-7-4-8(15-6-7)5-13-10(14)9-2-1-3-12-9/h4,6,9,12H,1-3,5H2,(H,13,14)/t9-/m1/s1. The molecular weight excluding hydrogens is 276 g/mol. The van der Waals surface area contributed by atoms with E-state index in [1.807, 2.05) is 11.4 Å². The Morgan fingerprint density at radius 1 is 1.73 bits per heavy atom. The normalized spacial score (nSPS) is 20.5. The first-order valence-corrected chi connectivity index (χ1v) is 6.67. The Hall–Kier alpha value is -0.390. The topological polar surface area (TPSA) is 41.1 Å². The van der Waals surface area contributed by atoms with Gasteiger partial charge in [-0.1, -0.05) is 0 Å². The highest BCUT2D eigenvalue weighted by Gasteiger charge is 2.21. The summed E-state index contributed by atoms with van der Waals surface area (Å²) in [6.45, 7) is 1.59. The predicted molar refractivity (Wildman–Crippen MR) is 64.9 cm³/mol. The number of carbonyl (C=O) groups excluding carboxylic acids is 1. The summed E-state index contributed by atoms with van der Waals surface area (Å²) in [6.07, 6.45) is 2.06. The van der Waals surface area contributed by atoms with Gasteiger partial charge in [-0.25, -0.2) is 0 Å². The zero-order chi connectivity index (χ0) is 10.7. The smallest absolute Gasteiger partial charge is 0.237 e. The molecule has 0 unspecified atom stereocenters. The van der Waals surface area contributed by atoms with Crippen molar-refractivity contribution in [3.8, 4) is 0 Å². The summed E-state index contributed by atoms with van der Waals surface area (Å²) in [7, 11) is 0. The minimum atomic E-state index is 0.0217. The molecule has 82 valence electrons. The van der Waals surface area contributed by atoms with Crippen LogP contribution in [0.2, 0.25) is 0 Å². The molecule has 0 bridgehead atoms. The van der Waals surface area contributed by atoms with E-state index >= 15 is 0 Å². The third-order valence-corrected chi connectivity index (χ3v) is 4.13. The number of halogens is 1. The number of hydrogen-bond donors (Lipinski definition) is 2. The number of carbonyl (C=O) groups is 1. The molecule has 0 radical (unpaired) electrons. The van der Waals surface area contributed by atoms with Gasteiger partial charge in [-0.05, 0) is 41.4 Å². The van der Waals surface area contributed by atoms with Crippen molar-refractivity contribution in [2.24, 2.45) is 0 Å². The first kappa shape index (κ1) is 11.1. The number of amides is 1. The van der Waals surface area contributed by atoms with Crippen molar-refractivity contribution in [1.29, 1.82) is 0 Å². The molecule has 2 N–H and O–H groups in total. The van der Waals surface area contributed by atoms with Crippen LogP contribution in [0.3, 0.4) is 0 Å². The third kappa shape index (κ3) is 3.03. The van der Waals surface area contributed by atoms with Gasteiger partial charge in [-0.2, -0.15) is 0 Å². The van der Waals surface area contributed by atoms with E-state index in [4.69, 9.17) is 0 Å². The predicted octanol–water partition coefficient (Wildman–Crippen LogP) is 1.88. The lowest BCUT2D eigenvalue weighted by molar-refractivity contribution is -0.122. The Labute approximate surface area is 101 Å². The number of rotatable bonds is 3. The van der Waals surface area contributed by atoms with Crippen LogP contribution in [0.4, 0.5) is 0 Å². The van der Waals surface area contributed by atoms with Gasteiger partial charge in [0.25, 0.3) is 0 Å². The van der Waals surface area contributed by atoms with Gasteiger partial charge >= 0.3 is 0 Å². The van der Waals surface area contributed by atoms with Gasteiger partial charge in [-0.15, -0.1) is 11.3 Å². The summed E-state index contributed by atoms with van der Waals surface area (Å²) < 4.78 is 1.08. The molecule has 1 aromatic rings. The molecule has 1 saturated heterocycles. The summed E-state index contributed by atoms with van der Waals surface area (Å²) in [5.74, 6) is 0.122. The van der Waals surface area contributed by atoms with Crippen LogP contribution in [0.1, 0.15) is 17.7 Å². The van der Waals surface area contributed by atoms with Gasteiger partial charge in [-0.3, -0.25) is 4.79 Å². The molecule has 1 fully saturated rings. The fraction of sp³-hybridized carbons (Fsp3) is 0.500. The lowest BCUT2D eigenvalue weighted by Crippen LogP contribution is -2.39. The van der Waals surface area contributed by atoms with E-state index in [0.717, 1.165) is 23.9 Å². The van der Waals surface area contributed by atoms with Crippen LogP contribution in [0.25, 0.3) is 0 Å². The Bertz CT molecular complexity index is 347. The zero-order valence-corrected chi connectivity index (χ0v) is 10.7. The van der Waals surface area contributed by atoms with E-state index in [9.17, 15) is 4.79 Å². The molecule has 0 aliphatic carbocycles. The molecule has 1 aliphatic rings.